The van der Waals surface area contributed by atoms with E-state index in [1.54, 1.807) is 12.1 Å². The van der Waals surface area contributed by atoms with E-state index in [0.717, 1.165) is 0 Å². The number of para-hydroxylation sites is 2. The molecular formula is C18H17ClFNO3S. The second-order valence-corrected chi connectivity index (χ2v) is 6.89. The average Bonchev–Trinajstić information content (AvgIpc) is 2.62. The molecule has 3 rings (SSSR count). The van der Waals surface area contributed by atoms with Gasteiger partial charge in [-0.2, -0.15) is 0 Å². The molecule has 4 nitrogen and oxygen atoms in total. The van der Waals surface area contributed by atoms with Gasteiger partial charge in [-0.1, -0.05) is 29.8 Å². The smallest absolute Gasteiger partial charge is 0.230 e. The third-order valence-corrected chi connectivity index (χ3v) is 4.95. The lowest BCUT2D eigenvalue weighted by molar-refractivity contribution is -0.119. The van der Waals surface area contributed by atoms with E-state index in [0.29, 0.717) is 41.0 Å². The van der Waals surface area contributed by atoms with Crippen LogP contribution in [0.25, 0.3) is 0 Å². The van der Waals surface area contributed by atoms with Crippen LogP contribution in [0.15, 0.2) is 42.5 Å². The summed E-state index contributed by atoms with van der Waals surface area (Å²) in [5, 5.41) is 3.18. The molecule has 0 saturated carbocycles. The monoisotopic (exact) mass is 381 g/mol. The van der Waals surface area contributed by atoms with Crippen LogP contribution < -0.4 is 14.8 Å². The summed E-state index contributed by atoms with van der Waals surface area (Å²) in [7, 11) is 0. The van der Waals surface area contributed by atoms with Crippen LogP contribution in [0, 0.1) is 5.82 Å². The maximum atomic E-state index is 13.7. The Morgan fingerprint density at radius 3 is 2.84 bits per heavy atom. The number of ether oxygens (including phenoxy) is 2. The molecule has 1 amide bonds. The number of benzene rings is 2. The third-order valence-electron chi connectivity index (χ3n) is 3.64. The van der Waals surface area contributed by atoms with E-state index >= 15 is 0 Å². The Morgan fingerprint density at radius 1 is 1.24 bits per heavy atom. The van der Waals surface area contributed by atoms with Crippen molar-refractivity contribution in [2.24, 2.45) is 0 Å². The molecule has 0 aromatic heterocycles. The molecule has 25 heavy (non-hydrogen) atoms. The first-order chi connectivity index (χ1) is 12.1. The van der Waals surface area contributed by atoms with E-state index in [9.17, 15) is 9.18 Å². The molecule has 1 unspecified atom stereocenters. The average molecular weight is 382 g/mol. The standard InChI is InChI=1S/C18H17ClFNO3S/c19-14-4-3-5-15(20)13(14)10-25-11-18(22)21-8-12-9-23-16-6-1-2-7-17(16)24-12/h1-7,12H,8-11H2,(H,21,22). The molecule has 0 saturated heterocycles. The third kappa shape index (κ3) is 4.80. The summed E-state index contributed by atoms with van der Waals surface area (Å²) in [6, 6.07) is 12.0. The lowest BCUT2D eigenvalue weighted by Crippen LogP contribution is -2.41. The quantitative estimate of drug-likeness (QED) is 0.829. The van der Waals surface area contributed by atoms with Crippen LogP contribution in [-0.2, 0) is 10.5 Å². The van der Waals surface area contributed by atoms with Crippen molar-refractivity contribution in [3.8, 4) is 11.5 Å². The number of hydrogen-bond acceptors (Lipinski definition) is 4. The summed E-state index contributed by atoms with van der Waals surface area (Å²) >= 11 is 7.27. The zero-order valence-electron chi connectivity index (χ0n) is 13.3. The topological polar surface area (TPSA) is 47.6 Å². The van der Waals surface area contributed by atoms with Crippen molar-refractivity contribution < 1.29 is 18.7 Å². The van der Waals surface area contributed by atoms with Gasteiger partial charge in [-0.05, 0) is 24.3 Å². The van der Waals surface area contributed by atoms with Gasteiger partial charge in [0.1, 0.15) is 18.5 Å². The highest BCUT2D eigenvalue weighted by molar-refractivity contribution is 7.99. The molecule has 0 bridgehead atoms. The zero-order chi connectivity index (χ0) is 17.6. The highest BCUT2D eigenvalue weighted by Crippen LogP contribution is 2.30. The largest absolute Gasteiger partial charge is 0.486 e. The van der Waals surface area contributed by atoms with Crippen LogP contribution in [-0.4, -0.2) is 30.9 Å². The van der Waals surface area contributed by atoms with E-state index in [1.807, 2.05) is 24.3 Å². The van der Waals surface area contributed by atoms with Gasteiger partial charge in [0.05, 0.1) is 12.3 Å². The Morgan fingerprint density at radius 2 is 2.04 bits per heavy atom. The van der Waals surface area contributed by atoms with E-state index < -0.39 is 0 Å². The van der Waals surface area contributed by atoms with Crippen molar-refractivity contribution in [3.05, 3.63) is 58.9 Å². The van der Waals surface area contributed by atoms with Crippen molar-refractivity contribution in [1.29, 1.82) is 0 Å². The van der Waals surface area contributed by atoms with Gasteiger partial charge in [-0.3, -0.25) is 4.79 Å². The molecule has 0 fully saturated rings. The summed E-state index contributed by atoms with van der Waals surface area (Å²) in [4.78, 5) is 11.9. The summed E-state index contributed by atoms with van der Waals surface area (Å²) in [6.07, 6.45) is -0.232. The van der Waals surface area contributed by atoms with Crippen LogP contribution >= 0.6 is 23.4 Å². The second kappa shape index (κ2) is 8.45. The number of thioether (sulfide) groups is 1. The van der Waals surface area contributed by atoms with Gasteiger partial charge < -0.3 is 14.8 Å². The maximum Gasteiger partial charge on any atom is 0.230 e. The Hall–Kier alpha value is -1.92. The Balaban J connectivity index is 1.40. The minimum atomic E-state index is -0.355. The fourth-order valence-corrected chi connectivity index (χ4v) is 3.55. The van der Waals surface area contributed by atoms with Crippen molar-refractivity contribution in [2.75, 3.05) is 18.9 Å². The van der Waals surface area contributed by atoms with Crippen LogP contribution in [0.3, 0.4) is 0 Å². The van der Waals surface area contributed by atoms with Gasteiger partial charge >= 0.3 is 0 Å². The molecule has 1 heterocycles. The van der Waals surface area contributed by atoms with Crippen molar-refractivity contribution >= 4 is 29.3 Å². The molecule has 132 valence electrons. The first-order valence-corrected chi connectivity index (χ1v) is 9.32. The lowest BCUT2D eigenvalue weighted by atomic mass is 10.2. The summed E-state index contributed by atoms with van der Waals surface area (Å²) in [6.45, 7) is 0.740. The molecule has 2 aromatic rings. The number of rotatable bonds is 6. The van der Waals surface area contributed by atoms with Crippen LogP contribution in [0.2, 0.25) is 5.02 Å². The normalized spacial score (nSPS) is 15.7. The van der Waals surface area contributed by atoms with Crippen LogP contribution in [0.4, 0.5) is 4.39 Å². The minimum Gasteiger partial charge on any atom is -0.486 e. The SMILES string of the molecule is O=C(CSCc1c(F)cccc1Cl)NCC1COc2ccccc2O1. The molecule has 1 N–H and O–H groups in total. The zero-order valence-corrected chi connectivity index (χ0v) is 14.9. The summed E-state index contributed by atoms with van der Waals surface area (Å²) in [5.74, 6) is 1.45. The predicted molar refractivity (Wildman–Crippen MR) is 96.9 cm³/mol. The highest BCUT2D eigenvalue weighted by atomic mass is 35.5. The van der Waals surface area contributed by atoms with E-state index in [4.69, 9.17) is 21.1 Å². The van der Waals surface area contributed by atoms with Crippen molar-refractivity contribution in [2.45, 2.75) is 11.9 Å². The summed E-state index contributed by atoms with van der Waals surface area (Å²) in [5.41, 5.74) is 0.419. The second-order valence-electron chi connectivity index (χ2n) is 5.49. The van der Waals surface area contributed by atoms with Crippen molar-refractivity contribution in [1.82, 2.24) is 5.32 Å². The molecule has 0 spiro atoms. The van der Waals surface area contributed by atoms with Gasteiger partial charge in [0.15, 0.2) is 11.5 Å². The molecule has 0 radical (unpaired) electrons. The fraction of sp³-hybridized carbons (Fsp3) is 0.278. The number of carbonyl (C=O) groups is 1. The first kappa shape index (κ1) is 17.9. The number of fused-ring (bicyclic) bond motifs is 1. The Kier molecular flexibility index (Phi) is 6.04. The van der Waals surface area contributed by atoms with Gasteiger partial charge in [-0.15, -0.1) is 11.8 Å². The Labute approximate surface area is 154 Å². The van der Waals surface area contributed by atoms with Gasteiger partial charge in [0, 0.05) is 16.3 Å². The molecule has 2 aromatic carbocycles. The van der Waals surface area contributed by atoms with E-state index in [1.165, 1.54) is 17.8 Å². The van der Waals surface area contributed by atoms with Gasteiger partial charge in [0.2, 0.25) is 5.91 Å². The number of carbonyl (C=O) groups excluding carboxylic acids is 1. The molecule has 1 atom stereocenters. The number of amides is 1. The van der Waals surface area contributed by atoms with E-state index in [2.05, 4.69) is 5.32 Å². The van der Waals surface area contributed by atoms with E-state index in [-0.39, 0.29) is 23.6 Å². The summed E-state index contributed by atoms with van der Waals surface area (Å²) < 4.78 is 25.0. The first-order valence-electron chi connectivity index (χ1n) is 7.79. The number of hydrogen-bond donors (Lipinski definition) is 1. The van der Waals surface area contributed by atoms with Gasteiger partial charge in [-0.25, -0.2) is 4.39 Å². The molecule has 1 aliphatic heterocycles. The lowest BCUT2D eigenvalue weighted by Gasteiger charge is -2.26. The molecular weight excluding hydrogens is 365 g/mol. The van der Waals surface area contributed by atoms with Crippen LogP contribution in [0.1, 0.15) is 5.56 Å². The number of halogens is 2. The fourth-order valence-electron chi connectivity index (χ4n) is 2.36. The minimum absolute atomic E-state index is 0.139. The predicted octanol–water partition coefficient (Wildman–Crippen LogP) is 3.67. The highest BCUT2D eigenvalue weighted by Gasteiger charge is 2.21. The van der Waals surface area contributed by atoms with Crippen LogP contribution in [0.5, 0.6) is 11.5 Å². The molecule has 0 aliphatic carbocycles. The van der Waals surface area contributed by atoms with Crippen molar-refractivity contribution in [3.63, 3.8) is 0 Å². The molecule has 7 heteroatoms. The molecule has 1 aliphatic rings. The number of nitrogens with one attached hydrogen (secondary N) is 1. The van der Waals surface area contributed by atoms with Gasteiger partial charge in [0.25, 0.3) is 0 Å². The maximum absolute atomic E-state index is 13.7. The Bertz CT molecular complexity index is 739.